The van der Waals surface area contributed by atoms with Crippen molar-refractivity contribution < 1.29 is 19.2 Å². The zero-order valence-electron chi connectivity index (χ0n) is 17.6. The Bertz CT molecular complexity index is 1270. The molecule has 0 unspecified atom stereocenters. The van der Waals surface area contributed by atoms with Crippen LogP contribution < -0.4 is 16.2 Å². The molecule has 2 heterocycles. The number of urea groups is 1. The van der Waals surface area contributed by atoms with Gasteiger partial charge in [-0.2, -0.15) is 0 Å². The molecule has 0 saturated carbocycles. The lowest BCUT2D eigenvalue weighted by atomic mass is 9.92. The number of amides is 5. The summed E-state index contributed by atoms with van der Waals surface area (Å²) in [4.78, 5) is 51.7. The van der Waals surface area contributed by atoms with Crippen LogP contribution in [0.25, 0.3) is 5.69 Å². The number of rotatable bonds is 4. The van der Waals surface area contributed by atoms with Gasteiger partial charge in [-0.3, -0.25) is 30.1 Å². The number of fused-ring (bicyclic) bond motifs is 2. The molecule has 2 aromatic carbocycles. The van der Waals surface area contributed by atoms with Gasteiger partial charge in [-0.25, -0.2) is 4.79 Å². The second kappa shape index (κ2) is 7.94. The number of aromatic nitrogens is 1. The molecular formula is C24H21N5O4. The standard InChI is InChI=1S/C24H21N5O4/c30-20(26-27-21(31)17-8-2-4-10-19(17)28-13-5-6-14-28)15-29-22(32)24(25-23(29)33)12-11-16-7-1-3-9-18(16)24/h1-10,13-14H,11-12,15H2,(H,25,33)(H,26,30)(H,27,31)/t24-/m1/s1. The first kappa shape index (κ1) is 20.5. The smallest absolute Gasteiger partial charge is 0.323 e. The Kier molecular flexibility index (Phi) is 4.93. The van der Waals surface area contributed by atoms with Crippen molar-refractivity contribution in [1.82, 2.24) is 25.6 Å². The second-order valence-corrected chi connectivity index (χ2v) is 7.99. The van der Waals surface area contributed by atoms with Crippen LogP contribution in [0.15, 0.2) is 73.1 Å². The van der Waals surface area contributed by atoms with Gasteiger partial charge in [0.15, 0.2) is 0 Å². The number of imide groups is 1. The minimum absolute atomic E-state index is 0.352. The lowest BCUT2D eigenvalue weighted by molar-refractivity contribution is -0.135. The maximum Gasteiger partial charge on any atom is 0.325 e. The van der Waals surface area contributed by atoms with Crippen LogP contribution >= 0.6 is 0 Å². The van der Waals surface area contributed by atoms with Crippen LogP contribution in [-0.2, 0) is 21.5 Å². The Hall–Kier alpha value is -4.40. The maximum absolute atomic E-state index is 13.1. The number of nitrogens with zero attached hydrogens (tertiary/aromatic N) is 2. The third-order valence-electron chi connectivity index (χ3n) is 6.07. The molecule has 1 aromatic heterocycles. The van der Waals surface area contributed by atoms with E-state index in [0.717, 1.165) is 16.0 Å². The van der Waals surface area contributed by atoms with E-state index < -0.39 is 35.8 Å². The van der Waals surface area contributed by atoms with Gasteiger partial charge in [0.25, 0.3) is 17.7 Å². The van der Waals surface area contributed by atoms with E-state index in [4.69, 9.17) is 0 Å². The van der Waals surface area contributed by atoms with E-state index >= 15 is 0 Å². The Balaban J connectivity index is 1.25. The number of benzene rings is 2. The summed E-state index contributed by atoms with van der Waals surface area (Å²) in [6.45, 7) is -0.506. The van der Waals surface area contributed by atoms with Gasteiger partial charge in [-0.1, -0.05) is 36.4 Å². The van der Waals surface area contributed by atoms with Gasteiger partial charge < -0.3 is 9.88 Å². The molecule has 1 aliphatic carbocycles. The number of hydrogen-bond acceptors (Lipinski definition) is 4. The van der Waals surface area contributed by atoms with E-state index in [1.54, 1.807) is 41.2 Å². The number of nitrogens with one attached hydrogen (secondary N) is 3. The van der Waals surface area contributed by atoms with Gasteiger partial charge in [-0.15, -0.1) is 0 Å². The first-order chi connectivity index (χ1) is 16.0. The Morgan fingerprint density at radius 2 is 1.67 bits per heavy atom. The molecule has 2 aliphatic rings. The van der Waals surface area contributed by atoms with E-state index in [1.807, 2.05) is 36.4 Å². The first-order valence-electron chi connectivity index (χ1n) is 10.5. The number of hydrogen-bond donors (Lipinski definition) is 3. The topological polar surface area (TPSA) is 113 Å². The van der Waals surface area contributed by atoms with E-state index in [9.17, 15) is 19.2 Å². The highest BCUT2D eigenvalue weighted by molar-refractivity contribution is 6.10. The minimum atomic E-state index is -1.13. The molecule has 3 N–H and O–H groups in total. The molecule has 3 aromatic rings. The van der Waals surface area contributed by atoms with Gasteiger partial charge in [0.1, 0.15) is 12.1 Å². The SMILES string of the molecule is O=C(CN1C(=O)N[C@@]2(CCc3ccccc32)C1=O)NNC(=O)c1ccccc1-n1cccc1. The molecule has 1 saturated heterocycles. The highest BCUT2D eigenvalue weighted by Gasteiger charge is 2.55. The van der Waals surface area contributed by atoms with Crippen molar-refractivity contribution in [3.63, 3.8) is 0 Å². The monoisotopic (exact) mass is 443 g/mol. The minimum Gasteiger partial charge on any atom is -0.323 e. The Morgan fingerprint density at radius 1 is 0.939 bits per heavy atom. The van der Waals surface area contributed by atoms with Gasteiger partial charge in [0.2, 0.25) is 0 Å². The summed E-state index contributed by atoms with van der Waals surface area (Å²) in [5, 5.41) is 2.77. The van der Waals surface area contributed by atoms with Crippen LogP contribution in [0.5, 0.6) is 0 Å². The van der Waals surface area contributed by atoms with E-state index in [0.29, 0.717) is 24.1 Å². The lowest BCUT2D eigenvalue weighted by Crippen LogP contribution is -2.48. The number of hydrazine groups is 1. The number of aryl methyl sites for hydroxylation is 1. The summed E-state index contributed by atoms with van der Waals surface area (Å²) < 4.78 is 1.78. The van der Waals surface area contributed by atoms with E-state index in [2.05, 4.69) is 16.2 Å². The average Bonchev–Trinajstić information content (AvgIpc) is 3.54. The van der Waals surface area contributed by atoms with E-state index in [-0.39, 0.29) is 0 Å². The molecular weight excluding hydrogens is 422 g/mol. The zero-order valence-corrected chi connectivity index (χ0v) is 17.6. The molecule has 5 amide bonds. The van der Waals surface area contributed by atoms with Crippen molar-refractivity contribution >= 4 is 23.8 Å². The number of para-hydroxylation sites is 1. The summed E-state index contributed by atoms with van der Waals surface area (Å²) in [5.74, 6) is -1.67. The molecule has 1 fully saturated rings. The molecule has 9 heteroatoms. The molecule has 1 aliphatic heterocycles. The third-order valence-corrected chi connectivity index (χ3v) is 6.07. The first-order valence-corrected chi connectivity index (χ1v) is 10.5. The largest absolute Gasteiger partial charge is 0.325 e. The Labute approximate surface area is 189 Å². The van der Waals surface area contributed by atoms with Crippen molar-refractivity contribution in [3.8, 4) is 5.69 Å². The van der Waals surface area contributed by atoms with Gasteiger partial charge in [-0.05, 0) is 48.2 Å². The molecule has 0 bridgehead atoms. The second-order valence-electron chi connectivity index (χ2n) is 7.99. The highest BCUT2D eigenvalue weighted by atomic mass is 16.2. The van der Waals surface area contributed by atoms with Gasteiger partial charge in [0.05, 0.1) is 11.3 Å². The van der Waals surface area contributed by atoms with E-state index in [1.165, 1.54) is 0 Å². The third kappa shape index (κ3) is 3.43. The predicted molar refractivity (Wildman–Crippen MR) is 118 cm³/mol. The summed E-state index contributed by atoms with van der Waals surface area (Å²) in [6, 6.07) is 17.5. The summed E-state index contributed by atoms with van der Waals surface area (Å²) in [5.41, 5.74) is 6.29. The van der Waals surface area contributed by atoms with Gasteiger partial charge >= 0.3 is 6.03 Å². The number of carbonyl (C=O) groups excluding carboxylic acids is 4. The van der Waals surface area contributed by atoms with Crippen molar-refractivity contribution in [3.05, 3.63) is 89.7 Å². The van der Waals surface area contributed by atoms with Crippen molar-refractivity contribution in [2.45, 2.75) is 18.4 Å². The van der Waals surface area contributed by atoms with Crippen molar-refractivity contribution in [1.29, 1.82) is 0 Å². The van der Waals surface area contributed by atoms with Crippen LogP contribution in [0.4, 0.5) is 4.79 Å². The molecule has 0 radical (unpaired) electrons. The highest BCUT2D eigenvalue weighted by Crippen LogP contribution is 2.41. The maximum atomic E-state index is 13.1. The van der Waals surface area contributed by atoms with Gasteiger partial charge in [0, 0.05) is 12.4 Å². The molecule has 9 nitrogen and oxygen atoms in total. The molecule has 166 valence electrons. The number of carbonyl (C=O) groups is 4. The molecule has 33 heavy (non-hydrogen) atoms. The fourth-order valence-electron chi connectivity index (χ4n) is 4.50. The fourth-order valence-corrected chi connectivity index (χ4v) is 4.50. The van der Waals surface area contributed by atoms with Crippen LogP contribution in [0.3, 0.4) is 0 Å². The zero-order chi connectivity index (χ0) is 23.0. The normalized spacial score (nSPS) is 18.8. The Morgan fingerprint density at radius 3 is 2.48 bits per heavy atom. The summed E-state index contributed by atoms with van der Waals surface area (Å²) in [7, 11) is 0. The average molecular weight is 443 g/mol. The molecule has 1 spiro atoms. The summed E-state index contributed by atoms with van der Waals surface area (Å²) in [6.07, 6.45) is 4.72. The fraction of sp³-hybridized carbons (Fsp3) is 0.167. The van der Waals surface area contributed by atoms with Crippen LogP contribution in [0.1, 0.15) is 27.9 Å². The molecule has 5 rings (SSSR count). The van der Waals surface area contributed by atoms with Crippen molar-refractivity contribution in [2.24, 2.45) is 0 Å². The van der Waals surface area contributed by atoms with Crippen molar-refractivity contribution in [2.75, 3.05) is 6.54 Å². The van der Waals surface area contributed by atoms with Crippen LogP contribution in [0.2, 0.25) is 0 Å². The predicted octanol–water partition coefficient (Wildman–Crippen LogP) is 1.63. The molecule has 1 atom stereocenters. The summed E-state index contributed by atoms with van der Waals surface area (Å²) >= 11 is 0. The quantitative estimate of drug-likeness (QED) is 0.420. The van der Waals surface area contributed by atoms with Crippen LogP contribution in [-0.4, -0.2) is 39.8 Å². The van der Waals surface area contributed by atoms with Crippen LogP contribution in [0, 0.1) is 0 Å². The lowest BCUT2D eigenvalue weighted by Gasteiger charge is -2.22.